The molecule has 2 aromatic rings. The topological polar surface area (TPSA) is 79.9 Å². The molecule has 1 saturated heterocycles. The van der Waals surface area contributed by atoms with Gasteiger partial charge in [0, 0.05) is 37.4 Å². The van der Waals surface area contributed by atoms with E-state index in [1.165, 1.54) is 5.56 Å². The van der Waals surface area contributed by atoms with Crippen molar-refractivity contribution >= 4 is 17.7 Å². The van der Waals surface area contributed by atoms with Crippen LogP contribution in [0.2, 0.25) is 0 Å². The Balaban J connectivity index is 1.60. The van der Waals surface area contributed by atoms with Gasteiger partial charge in [-0.2, -0.15) is 0 Å². The lowest BCUT2D eigenvalue weighted by Crippen LogP contribution is -2.36. The van der Waals surface area contributed by atoms with Crippen molar-refractivity contribution in [3.63, 3.8) is 0 Å². The Morgan fingerprint density at radius 1 is 1.07 bits per heavy atom. The van der Waals surface area contributed by atoms with Crippen molar-refractivity contribution in [2.24, 2.45) is 0 Å². The standard InChI is InChI=1S/C22H27N3O4/c1-2-29-22(27)24-20-9-5-8-17(14-20)21(26)23-15-18-6-3-4-7-19(18)16-25-10-12-28-13-11-25/h3-9,14H,2,10-13,15-16H2,1H3,(H,23,26)(H,24,27). The van der Waals surface area contributed by atoms with E-state index in [2.05, 4.69) is 21.6 Å². The molecule has 1 aliphatic rings. The average molecular weight is 397 g/mol. The summed E-state index contributed by atoms with van der Waals surface area (Å²) in [6.45, 7) is 6.66. The number of nitrogens with one attached hydrogen (secondary N) is 2. The van der Waals surface area contributed by atoms with Crippen LogP contribution in [0.5, 0.6) is 0 Å². The quantitative estimate of drug-likeness (QED) is 0.751. The SMILES string of the molecule is CCOC(=O)Nc1cccc(C(=O)NCc2ccccc2CN2CCOCC2)c1. The average Bonchev–Trinajstić information content (AvgIpc) is 2.74. The second kappa shape index (κ2) is 10.6. The maximum absolute atomic E-state index is 12.6. The molecular formula is C22H27N3O4. The summed E-state index contributed by atoms with van der Waals surface area (Å²) in [4.78, 5) is 26.5. The van der Waals surface area contributed by atoms with Crippen LogP contribution in [0.1, 0.15) is 28.4 Å². The maximum atomic E-state index is 12.6. The Hall–Kier alpha value is -2.90. The van der Waals surface area contributed by atoms with E-state index >= 15 is 0 Å². The fraction of sp³-hybridized carbons (Fsp3) is 0.364. The molecule has 1 heterocycles. The summed E-state index contributed by atoms with van der Waals surface area (Å²) in [5, 5.41) is 5.58. The molecule has 29 heavy (non-hydrogen) atoms. The van der Waals surface area contributed by atoms with E-state index in [0.29, 0.717) is 17.8 Å². The van der Waals surface area contributed by atoms with Gasteiger partial charge in [-0.3, -0.25) is 15.0 Å². The summed E-state index contributed by atoms with van der Waals surface area (Å²) < 4.78 is 10.3. The number of amides is 2. The lowest BCUT2D eigenvalue weighted by Gasteiger charge is -2.27. The Bertz CT molecular complexity index is 834. The first-order valence-electron chi connectivity index (χ1n) is 9.84. The van der Waals surface area contributed by atoms with Crippen molar-refractivity contribution in [2.45, 2.75) is 20.0 Å². The second-order valence-corrected chi connectivity index (χ2v) is 6.77. The van der Waals surface area contributed by atoms with Gasteiger partial charge in [-0.05, 0) is 36.2 Å². The zero-order valence-corrected chi connectivity index (χ0v) is 16.6. The van der Waals surface area contributed by atoms with Gasteiger partial charge >= 0.3 is 6.09 Å². The molecule has 0 bridgehead atoms. The number of anilines is 1. The summed E-state index contributed by atoms with van der Waals surface area (Å²) in [5.41, 5.74) is 3.29. The van der Waals surface area contributed by atoms with E-state index in [0.717, 1.165) is 38.4 Å². The number of carbonyl (C=O) groups is 2. The first-order valence-corrected chi connectivity index (χ1v) is 9.84. The summed E-state index contributed by atoms with van der Waals surface area (Å²) >= 11 is 0. The monoisotopic (exact) mass is 397 g/mol. The third-order valence-electron chi connectivity index (χ3n) is 4.70. The predicted octanol–water partition coefficient (Wildman–Crippen LogP) is 3.02. The zero-order valence-electron chi connectivity index (χ0n) is 16.6. The van der Waals surface area contributed by atoms with E-state index in [9.17, 15) is 9.59 Å². The number of morpholine rings is 1. The molecule has 2 aromatic carbocycles. The molecule has 0 spiro atoms. The smallest absolute Gasteiger partial charge is 0.411 e. The van der Waals surface area contributed by atoms with Gasteiger partial charge < -0.3 is 14.8 Å². The highest BCUT2D eigenvalue weighted by Crippen LogP contribution is 2.14. The predicted molar refractivity (Wildman–Crippen MR) is 111 cm³/mol. The number of carbonyl (C=O) groups excluding carboxylic acids is 2. The molecule has 0 unspecified atom stereocenters. The number of nitrogens with zero attached hydrogens (tertiary/aromatic N) is 1. The minimum Gasteiger partial charge on any atom is -0.450 e. The Morgan fingerprint density at radius 3 is 2.59 bits per heavy atom. The van der Waals surface area contributed by atoms with E-state index in [1.807, 2.05) is 18.2 Å². The summed E-state index contributed by atoms with van der Waals surface area (Å²) in [7, 11) is 0. The van der Waals surface area contributed by atoms with Gasteiger partial charge in [-0.1, -0.05) is 30.3 Å². The first-order chi connectivity index (χ1) is 14.2. The van der Waals surface area contributed by atoms with Gasteiger partial charge in [-0.15, -0.1) is 0 Å². The summed E-state index contributed by atoms with van der Waals surface area (Å²) in [5.74, 6) is -0.196. The first kappa shape index (κ1) is 20.8. The molecule has 7 nitrogen and oxygen atoms in total. The molecular weight excluding hydrogens is 370 g/mol. The van der Waals surface area contributed by atoms with Crippen LogP contribution in [0.25, 0.3) is 0 Å². The molecule has 0 radical (unpaired) electrons. The van der Waals surface area contributed by atoms with Crippen LogP contribution in [-0.2, 0) is 22.6 Å². The second-order valence-electron chi connectivity index (χ2n) is 6.77. The highest BCUT2D eigenvalue weighted by atomic mass is 16.5. The van der Waals surface area contributed by atoms with Crippen LogP contribution in [0.4, 0.5) is 10.5 Å². The third-order valence-corrected chi connectivity index (χ3v) is 4.70. The largest absolute Gasteiger partial charge is 0.450 e. The molecule has 154 valence electrons. The van der Waals surface area contributed by atoms with Gasteiger partial charge in [0.05, 0.1) is 19.8 Å². The van der Waals surface area contributed by atoms with E-state index in [-0.39, 0.29) is 12.5 Å². The molecule has 0 aliphatic carbocycles. The molecule has 2 N–H and O–H groups in total. The molecule has 3 rings (SSSR count). The van der Waals surface area contributed by atoms with Crippen LogP contribution < -0.4 is 10.6 Å². The van der Waals surface area contributed by atoms with Crippen molar-refractivity contribution in [3.05, 3.63) is 65.2 Å². The fourth-order valence-electron chi connectivity index (χ4n) is 3.19. The van der Waals surface area contributed by atoms with Crippen molar-refractivity contribution in [1.29, 1.82) is 0 Å². The highest BCUT2D eigenvalue weighted by molar-refractivity contribution is 5.96. The van der Waals surface area contributed by atoms with Crippen molar-refractivity contribution in [2.75, 3.05) is 38.2 Å². The molecule has 1 aliphatic heterocycles. The van der Waals surface area contributed by atoms with Gasteiger partial charge in [0.25, 0.3) is 5.91 Å². The zero-order chi connectivity index (χ0) is 20.5. The normalized spacial score (nSPS) is 14.2. The summed E-state index contributed by atoms with van der Waals surface area (Å²) in [6, 6.07) is 14.9. The van der Waals surface area contributed by atoms with Crippen LogP contribution in [0, 0.1) is 0 Å². The number of ether oxygens (including phenoxy) is 2. The van der Waals surface area contributed by atoms with Gasteiger partial charge in [0.1, 0.15) is 0 Å². The lowest BCUT2D eigenvalue weighted by molar-refractivity contribution is 0.0340. The molecule has 0 atom stereocenters. The Labute approximate surface area is 171 Å². The van der Waals surface area contributed by atoms with Crippen molar-refractivity contribution < 1.29 is 19.1 Å². The van der Waals surface area contributed by atoms with E-state index in [1.54, 1.807) is 31.2 Å². The van der Waals surface area contributed by atoms with E-state index < -0.39 is 6.09 Å². The maximum Gasteiger partial charge on any atom is 0.411 e. The van der Waals surface area contributed by atoms with Crippen LogP contribution >= 0.6 is 0 Å². The highest BCUT2D eigenvalue weighted by Gasteiger charge is 2.14. The van der Waals surface area contributed by atoms with Gasteiger partial charge in [0.15, 0.2) is 0 Å². The number of hydrogen-bond acceptors (Lipinski definition) is 5. The Morgan fingerprint density at radius 2 is 1.83 bits per heavy atom. The van der Waals surface area contributed by atoms with Crippen LogP contribution in [0.15, 0.2) is 48.5 Å². The lowest BCUT2D eigenvalue weighted by atomic mass is 10.1. The van der Waals surface area contributed by atoms with Crippen LogP contribution in [0.3, 0.4) is 0 Å². The minimum absolute atomic E-state index is 0.196. The number of benzene rings is 2. The van der Waals surface area contributed by atoms with Crippen LogP contribution in [-0.4, -0.2) is 49.8 Å². The van der Waals surface area contributed by atoms with Gasteiger partial charge in [0.2, 0.25) is 0 Å². The van der Waals surface area contributed by atoms with Crippen molar-refractivity contribution in [1.82, 2.24) is 10.2 Å². The van der Waals surface area contributed by atoms with Gasteiger partial charge in [-0.25, -0.2) is 4.79 Å². The molecule has 0 aromatic heterocycles. The number of hydrogen-bond donors (Lipinski definition) is 2. The van der Waals surface area contributed by atoms with Crippen molar-refractivity contribution in [3.8, 4) is 0 Å². The van der Waals surface area contributed by atoms with E-state index in [4.69, 9.17) is 9.47 Å². The fourth-order valence-corrected chi connectivity index (χ4v) is 3.19. The minimum atomic E-state index is -0.540. The summed E-state index contributed by atoms with van der Waals surface area (Å²) in [6.07, 6.45) is -0.540. The molecule has 0 saturated carbocycles. The Kier molecular flexibility index (Phi) is 7.61. The number of rotatable bonds is 7. The molecule has 1 fully saturated rings. The third kappa shape index (κ3) is 6.30. The molecule has 2 amide bonds. The molecule has 7 heteroatoms.